The van der Waals surface area contributed by atoms with E-state index in [1.54, 1.807) is 10.9 Å². The summed E-state index contributed by atoms with van der Waals surface area (Å²) < 4.78 is 7.66. The summed E-state index contributed by atoms with van der Waals surface area (Å²) in [5, 5.41) is 8.20. The van der Waals surface area contributed by atoms with Crippen molar-refractivity contribution in [3.05, 3.63) is 42.2 Å². The lowest BCUT2D eigenvalue weighted by molar-refractivity contribution is -0.0404. The van der Waals surface area contributed by atoms with E-state index in [9.17, 15) is 0 Å². The van der Waals surface area contributed by atoms with E-state index in [1.165, 1.54) is 0 Å². The molecule has 1 fully saturated rings. The molecule has 3 N–H and O–H groups in total. The highest BCUT2D eigenvalue weighted by molar-refractivity contribution is 5.32. The van der Waals surface area contributed by atoms with E-state index in [-0.39, 0.29) is 12.1 Å². The summed E-state index contributed by atoms with van der Waals surface area (Å²) in [6.45, 7) is 2.45. The first-order valence-corrected chi connectivity index (χ1v) is 7.02. The maximum atomic E-state index is 5.86. The zero-order chi connectivity index (χ0) is 14.7. The van der Waals surface area contributed by atoms with E-state index in [4.69, 9.17) is 10.6 Å². The highest BCUT2D eigenvalue weighted by Crippen LogP contribution is 2.22. The van der Waals surface area contributed by atoms with Gasteiger partial charge in [-0.1, -0.05) is 23.4 Å². The molecule has 3 rings (SSSR count). The molecule has 21 heavy (non-hydrogen) atoms. The second-order valence-electron chi connectivity index (χ2n) is 5.22. The molecule has 1 aliphatic heterocycles. The number of hydrogen-bond donors (Lipinski definition) is 2. The second-order valence-corrected chi connectivity index (χ2v) is 5.22. The molecular weight excluding hydrogens is 268 g/mol. The number of hydrogen-bond acceptors (Lipinski definition) is 6. The summed E-state index contributed by atoms with van der Waals surface area (Å²) in [4.78, 5) is 2.23. The van der Waals surface area contributed by atoms with Gasteiger partial charge in [0.15, 0.2) is 0 Å². The summed E-state index contributed by atoms with van der Waals surface area (Å²) in [5.41, 5.74) is 4.70. The number of rotatable bonds is 4. The summed E-state index contributed by atoms with van der Waals surface area (Å²) >= 11 is 0. The smallest absolute Gasteiger partial charge is 0.0925 e. The van der Waals surface area contributed by atoms with Crippen LogP contribution in [-0.2, 0) is 4.74 Å². The van der Waals surface area contributed by atoms with Crippen LogP contribution < -0.4 is 11.3 Å². The number of nitrogens with one attached hydrogen (secondary N) is 1. The Kier molecular flexibility index (Phi) is 4.26. The number of para-hydroxylation sites is 1. The molecule has 0 spiro atoms. The van der Waals surface area contributed by atoms with Crippen LogP contribution in [0.4, 0.5) is 0 Å². The highest BCUT2D eigenvalue weighted by atomic mass is 16.5. The fraction of sp³-hybridized carbons (Fsp3) is 0.429. The van der Waals surface area contributed by atoms with Gasteiger partial charge in [0.05, 0.1) is 36.3 Å². The SMILES string of the molecule is CN1CCOC(C(NN)c2cnnn2-c2ccccc2)C1. The van der Waals surface area contributed by atoms with Crippen LogP contribution in [0.2, 0.25) is 0 Å². The fourth-order valence-electron chi connectivity index (χ4n) is 2.62. The van der Waals surface area contributed by atoms with Gasteiger partial charge in [-0.05, 0) is 19.2 Å². The molecule has 1 aromatic heterocycles. The molecule has 1 aliphatic rings. The average Bonchev–Trinajstić information content (AvgIpc) is 2.98. The molecule has 2 aromatic rings. The quantitative estimate of drug-likeness (QED) is 0.613. The zero-order valence-electron chi connectivity index (χ0n) is 12.0. The molecule has 0 bridgehead atoms. The van der Waals surface area contributed by atoms with Crippen LogP contribution >= 0.6 is 0 Å². The molecule has 1 saturated heterocycles. The van der Waals surface area contributed by atoms with Crippen molar-refractivity contribution in [1.29, 1.82) is 0 Å². The lowest BCUT2D eigenvalue weighted by Crippen LogP contribution is -2.48. The Morgan fingerprint density at radius 2 is 2.19 bits per heavy atom. The van der Waals surface area contributed by atoms with E-state index >= 15 is 0 Å². The summed E-state index contributed by atoms with van der Waals surface area (Å²) in [6, 6.07) is 9.72. The van der Waals surface area contributed by atoms with Crippen molar-refractivity contribution in [2.75, 3.05) is 26.7 Å². The first-order chi connectivity index (χ1) is 10.3. The molecule has 0 saturated carbocycles. The molecule has 2 unspecified atom stereocenters. The van der Waals surface area contributed by atoms with E-state index in [2.05, 4.69) is 27.7 Å². The molecule has 2 heterocycles. The summed E-state index contributed by atoms with van der Waals surface area (Å²) in [6.07, 6.45) is 1.70. The Balaban J connectivity index is 1.90. The van der Waals surface area contributed by atoms with Crippen LogP contribution in [0.15, 0.2) is 36.5 Å². The first-order valence-electron chi connectivity index (χ1n) is 7.02. The number of likely N-dealkylation sites (N-methyl/N-ethyl adjacent to an activating group) is 1. The highest BCUT2D eigenvalue weighted by Gasteiger charge is 2.30. The van der Waals surface area contributed by atoms with Gasteiger partial charge in [0.25, 0.3) is 0 Å². The van der Waals surface area contributed by atoms with E-state index in [0.29, 0.717) is 6.61 Å². The predicted octanol–water partition coefficient (Wildman–Crippen LogP) is 0.102. The predicted molar refractivity (Wildman–Crippen MR) is 78.7 cm³/mol. The third-order valence-corrected chi connectivity index (χ3v) is 3.74. The Hall–Kier alpha value is -1.80. The van der Waals surface area contributed by atoms with Crippen molar-refractivity contribution in [2.45, 2.75) is 12.1 Å². The van der Waals surface area contributed by atoms with E-state index in [1.807, 2.05) is 30.3 Å². The molecule has 0 amide bonds. The van der Waals surface area contributed by atoms with Gasteiger partial charge in [-0.3, -0.25) is 5.84 Å². The lowest BCUT2D eigenvalue weighted by atomic mass is 10.1. The van der Waals surface area contributed by atoms with Crippen molar-refractivity contribution >= 4 is 0 Å². The van der Waals surface area contributed by atoms with Gasteiger partial charge in [-0.25, -0.2) is 10.1 Å². The normalized spacial score (nSPS) is 21.3. The number of morpholine rings is 1. The minimum absolute atomic E-state index is 0.0327. The third kappa shape index (κ3) is 2.96. The first kappa shape index (κ1) is 14.2. The van der Waals surface area contributed by atoms with Crippen LogP contribution in [0.1, 0.15) is 11.7 Å². The molecule has 1 aromatic carbocycles. The monoisotopic (exact) mass is 288 g/mol. The van der Waals surface area contributed by atoms with Gasteiger partial charge >= 0.3 is 0 Å². The summed E-state index contributed by atoms with van der Waals surface area (Å²) in [5.74, 6) is 5.77. The molecule has 7 nitrogen and oxygen atoms in total. The largest absolute Gasteiger partial charge is 0.373 e. The van der Waals surface area contributed by atoms with E-state index < -0.39 is 0 Å². The van der Waals surface area contributed by atoms with Gasteiger partial charge in [0.2, 0.25) is 0 Å². The molecule has 0 aliphatic carbocycles. The molecule has 2 atom stereocenters. The second kappa shape index (κ2) is 6.31. The minimum Gasteiger partial charge on any atom is -0.373 e. The summed E-state index contributed by atoms with van der Waals surface area (Å²) in [7, 11) is 2.08. The maximum Gasteiger partial charge on any atom is 0.0925 e. The number of benzene rings is 1. The maximum absolute atomic E-state index is 5.86. The zero-order valence-corrected chi connectivity index (χ0v) is 12.0. The fourth-order valence-corrected chi connectivity index (χ4v) is 2.62. The molecule has 0 radical (unpaired) electrons. The number of hydrazine groups is 1. The van der Waals surface area contributed by atoms with Crippen molar-refractivity contribution in [2.24, 2.45) is 5.84 Å². The molecule has 7 heteroatoms. The standard InChI is InChI=1S/C14H20N6O/c1-19-7-8-21-13(10-19)14(17-15)12-9-16-18-20(12)11-5-3-2-4-6-11/h2-6,9,13-14,17H,7-8,10,15H2,1H3. The Morgan fingerprint density at radius 1 is 1.38 bits per heavy atom. The molecule has 112 valence electrons. The van der Waals surface area contributed by atoms with Crippen molar-refractivity contribution in [1.82, 2.24) is 25.3 Å². The number of ether oxygens (including phenoxy) is 1. The van der Waals surface area contributed by atoms with Crippen molar-refractivity contribution in [3.63, 3.8) is 0 Å². The van der Waals surface area contributed by atoms with Crippen LogP contribution in [0.3, 0.4) is 0 Å². The number of nitrogens with two attached hydrogens (primary N) is 1. The topological polar surface area (TPSA) is 81.2 Å². The van der Waals surface area contributed by atoms with Gasteiger partial charge in [-0.15, -0.1) is 5.10 Å². The van der Waals surface area contributed by atoms with Crippen molar-refractivity contribution < 1.29 is 4.74 Å². The number of nitrogens with zero attached hydrogens (tertiary/aromatic N) is 4. The van der Waals surface area contributed by atoms with Gasteiger partial charge in [0, 0.05) is 13.1 Å². The third-order valence-electron chi connectivity index (χ3n) is 3.74. The lowest BCUT2D eigenvalue weighted by Gasteiger charge is -2.34. The van der Waals surface area contributed by atoms with Crippen LogP contribution in [0.25, 0.3) is 5.69 Å². The Bertz CT molecular complexity index is 572. The Labute approximate surface area is 123 Å². The average molecular weight is 288 g/mol. The van der Waals surface area contributed by atoms with Gasteiger partial charge in [0.1, 0.15) is 0 Å². The van der Waals surface area contributed by atoms with Gasteiger partial charge < -0.3 is 9.64 Å². The number of aromatic nitrogens is 3. The van der Waals surface area contributed by atoms with Gasteiger partial charge in [-0.2, -0.15) is 0 Å². The van der Waals surface area contributed by atoms with E-state index in [0.717, 1.165) is 24.5 Å². The Morgan fingerprint density at radius 3 is 2.90 bits per heavy atom. The van der Waals surface area contributed by atoms with Crippen LogP contribution in [0.5, 0.6) is 0 Å². The molecular formula is C14H20N6O. The van der Waals surface area contributed by atoms with Crippen molar-refractivity contribution in [3.8, 4) is 5.69 Å². The van der Waals surface area contributed by atoms with Crippen LogP contribution in [-0.4, -0.2) is 52.7 Å². The minimum atomic E-state index is -0.164. The van der Waals surface area contributed by atoms with Crippen LogP contribution in [0, 0.1) is 0 Å².